The molecule has 1 aliphatic rings. The maximum absolute atomic E-state index is 3.71. The van der Waals surface area contributed by atoms with E-state index in [2.05, 4.69) is 38.0 Å². The highest BCUT2D eigenvalue weighted by atomic mass is 15.2. The zero-order valence-corrected chi connectivity index (χ0v) is 11.0. The van der Waals surface area contributed by atoms with Gasteiger partial charge in [0.2, 0.25) is 0 Å². The maximum atomic E-state index is 3.71. The van der Waals surface area contributed by atoms with Crippen LogP contribution in [-0.2, 0) is 0 Å². The molecule has 0 saturated carbocycles. The Kier molecular flexibility index (Phi) is 5.07. The molecule has 1 aliphatic heterocycles. The Bertz CT molecular complexity index is 173. The van der Waals surface area contributed by atoms with Gasteiger partial charge < -0.3 is 10.2 Å². The molecule has 0 aromatic carbocycles. The van der Waals surface area contributed by atoms with Gasteiger partial charge in [0.25, 0.3) is 0 Å². The van der Waals surface area contributed by atoms with Crippen LogP contribution < -0.4 is 5.32 Å². The summed E-state index contributed by atoms with van der Waals surface area (Å²) in [5.41, 5.74) is 0.413. The molecule has 1 heterocycles. The summed E-state index contributed by atoms with van der Waals surface area (Å²) in [5, 5.41) is 3.71. The van der Waals surface area contributed by atoms with Gasteiger partial charge in [0.05, 0.1) is 0 Å². The molecule has 1 fully saturated rings. The Hall–Kier alpha value is -0.0800. The molecule has 0 bridgehead atoms. The first-order valence-electron chi connectivity index (χ1n) is 6.59. The molecule has 2 unspecified atom stereocenters. The molecule has 0 radical (unpaired) electrons. The minimum atomic E-state index is 0.413. The van der Waals surface area contributed by atoms with Gasteiger partial charge in [-0.3, -0.25) is 0 Å². The summed E-state index contributed by atoms with van der Waals surface area (Å²) in [7, 11) is 2.28. The van der Waals surface area contributed by atoms with Gasteiger partial charge in [-0.05, 0) is 46.2 Å². The van der Waals surface area contributed by atoms with Gasteiger partial charge in [-0.25, -0.2) is 0 Å². The first kappa shape index (κ1) is 13.0. The lowest BCUT2D eigenvalue weighted by molar-refractivity contribution is 0.172. The Morgan fingerprint density at radius 3 is 2.60 bits per heavy atom. The topological polar surface area (TPSA) is 15.3 Å². The molecule has 1 rings (SSSR count). The molecule has 2 atom stereocenters. The average Bonchev–Trinajstić information content (AvgIpc) is 2.67. The molecule has 15 heavy (non-hydrogen) atoms. The summed E-state index contributed by atoms with van der Waals surface area (Å²) < 4.78 is 0. The van der Waals surface area contributed by atoms with E-state index >= 15 is 0 Å². The number of nitrogens with zero attached hydrogens (tertiary/aromatic N) is 1. The Labute approximate surface area is 95.4 Å². The van der Waals surface area contributed by atoms with Crippen molar-refractivity contribution in [2.45, 2.75) is 64.5 Å². The second kappa shape index (κ2) is 5.86. The van der Waals surface area contributed by atoms with Gasteiger partial charge in [-0.1, -0.05) is 20.3 Å². The second-order valence-electron chi connectivity index (χ2n) is 5.22. The molecule has 1 saturated heterocycles. The van der Waals surface area contributed by atoms with Crippen LogP contribution in [0.25, 0.3) is 0 Å². The van der Waals surface area contributed by atoms with E-state index in [-0.39, 0.29) is 0 Å². The van der Waals surface area contributed by atoms with E-state index < -0.39 is 0 Å². The van der Waals surface area contributed by atoms with Crippen molar-refractivity contribution < 1.29 is 0 Å². The van der Waals surface area contributed by atoms with E-state index in [0.29, 0.717) is 5.54 Å². The predicted molar refractivity (Wildman–Crippen MR) is 67.3 cm³/mol. The quantitative estimate of drug-likeness (QED) is 0.728. The van der Waals surface area contributed by atoms with Gasteiger partial charge in [-0.2, -0.15) is 0 Å². The van der Waals surface area contributed by atoms with Crippen LogP contribution in [0.1, 0.15) is 52.9 Å². The summed E-state index contributed by atoms with van der Waals surface area (Å²) in [5.74, 6) is 0. The SMILES string of the molecule is CCCC(C)N(C)CC1(CC)CCCN1. The van der Waals surface area contributed by atoms with Crippen molar-refractivity contribution in [3.8, 4) is 0 Å². The lowest BCUT2D eigenvalue weighted by Crippen LogP contribution is -2.50. The molecular weight excluding hydrogens is 184 g/mol. The highest BCUT2D eigenvalue weighted by Gasteiger charge is 2.33. The van der Waals surface area contributed by atoms with Crippen LogP contribution >= 0.6 is 0 Å². The maximum Gasteiger partial charge on any atom is 0.0306 e. The van der Waals surface area contributed by atoms with Gasteiger partial charge in [0, 0.05) is 18.1 Å². The number of rotatable bonds is 6. The normalized spacial score (nSPS) is 28.6. The molecule has 0 aromatic heterocycles. The summed E-state index contributed by atoms with van der Waals surface area (Å²) in [6, 6.07) is 0.723. The first-order chi connectivity index (χ1) is 7.13. The van der Waals surface area contributed by atoms with Crippen molar-refractivity contribution in [2.75, 3.05) is 20.1 Å². The fraction of sp³-hybridized carbons (Fsp3) is 1.00. The monoisotopic (exact) mass is 212 g/mol. The average molecular weight is 212 g/mol. The van der Waals surface area contributed by atoms with Crippen LogP contribution in [0.15, 0.2) is 0 Å². The molecule has 0 aliphatic carbocycles. The molecule has 2 heteroatoms. The minimum Gasteiger partial charge on any atom is -0.310 e. The highest BCUT2D eigenvalue weighted by molar-refractivity contribution is 4.94. The van der Waals surface area contributed by atoms with E-state index in [1.54, 1.807) is 0 Å². The smallest absolute Gasteiger partial charge is 0.0306 e. The van der Waals surface area contributed by atoms with E-state index in [1.165, 1.54) is 45.2 Å². The van der Waals surface area contributed by atoms with Crippen molar-refractivity contribution in [3.05, 3.63) is 0 Å². The Balaban J connectivity index is 2.43. The van der Waals surface area contributed by atoms with E-state index in [9.17, 15) is 0 Å². The third-order valence-corrected chi connectivity index (χ3v) is 4.02. The summed E-state index contributed by atoms with van der Waals surface area (Å²) >= 11 is 0. The largest absolute Gasteiger partial charge is 0.310 e. The third-order valence-electron chi connectivity index (χ3n) is 4.02. The van der Waals surface area contributed by atoms with E-state index in [4.69, 9.17) is 0 Å². The Morgan fingerprint density at radius 1 is 1.40 bits per heavy atom. The van der Waals surface area contributed by atoms with Crippen LogP contribution in [0.2, 0.25) is 0 Å². The second-order valence-corrected chi connectivity index (χ2v) is 5.22. The first-order valence-corrected chi connectivity index (χ1v) is 6.59. The van der Waals surface area contributed by atoms with Crippen LogP contribution in [-0.4, -0.2) is 36.6 Å². The van der Waals surface area contributed by atoms with Gasteiger partial charge in [0.1, 0.15) is 0 Å². The molecular formula is C13H28N2. The zero-order valence-electron chi connectivity index (χ0n) is 11.0. The number of likely N-dealkylation sites (N-methyl/N-ethyl adjacent to an activating group) is 1. The standard InChI is InChI=1S/C13H28N2/c1-5-8-12(3)15(4)11-13(6-2)9-7-10-14-13/h12,14H,5-11H2,1-4H3. The molecule has 1 N–H and O–H groups in total. The van der Waals surface area contributed by atoms with Gasteiger partial charge in [-0.15, -0.1) is 0 Å². The van der Waals surface area contributed by atoms with Gasteiger partial charge in [0.15, 0.2) is 0 Å². The third kappa shape index (κ3) is 3.46. The predicted octanol–water partition coefficient (Wildman–Crippen LogP) is 2.64. The van der Waals surface area contributed by atoms with Crippen molar-refractivity contribution >= 4 is 0 Å². The van der Waals surface area contributed by atoms with Crippen LogP contribution in [0.5, 0.6) is 0 Å². The minimum absolute atomic E-state index is 0.413. The highest BCUT2D eigenvalue weighted by Crippen LogP contribution is 2.24. The van der Waals surface area contributed by atoms with Crippen LogP contribution in [0.3, 0.4) is 0 Å². The fourth-order valence-corrected chi connectivity index (χ4v) is 2.69. The molecule has 0 aromatic rings. The molecule has 90 valence electrons. The van der Waals surface area contributed by atoms with Crippen molar-refractivity contribution in [2.24, 2.45) is 0 Å². The van der Waals surface area contributed by atoms with Crippen molar-refractivity contribution in [1.29, 1.82) is 0 Å². The number of hydrogen-bond acceptors (Lipinski definition) is 2. The lowest BCUT2D eigenvalue weighted by Gasteiger charge is -2.36. The van der Waals surface area contributed by atoms with Crippen molar-refractivity contribution in [3.63, 3.8) is 0 Å². The molecule has 0 spiro atoms. The zero-order chi connectivity index (χ0) is 11.3. The van der Waals surface area contributed by atoms with E-state index in [0.717, 1.165) is 6.04 Å². The summed E-state index contributed by atoms with van der Waals surface area (Å²) in [6.07, 6.45) is 6.57. The van der Waals surface area contributed by atoms with Crippen LogP contribution in [0, 0.1) is 0 Å². The number of nitrogens with one attached hydrogen (secondary N) is 1. The van der Waals surface area contributed by atoms with Crippen molar-refractivity contribution in [1.82, 2.24) is 10.2 Å². The van der Waals surface area contributed by atoms with E-state index in [1.807, 2.05) is 0 Å². The summed E-state index contributed by atoms with van der Waals surface area (Å²) in [6.45, 7) is 9.36. The van der Waals surface area contributed by atoms with Crippen LogP contribution in [0.4, 0.5) is 0 Å². The molecule has 2 nitrogen and oxygen atoms in total. The Morgan fingerprint density at radius 2 is 2.13 bits per heavy atom. The molecule has 0 amide bonds. The summed E-state index contributed by atoms with van der Waals surface area (Å²) in [4.78, 5) is 2.53. The lowest BCUT2D eigenvalue weighted by atomic mass is 9.93. The van der Waals surface area contributed by atoms with Gasteiger partial charge >= 0.3 is 0 Å². The number of hydrogen-bond donors (Lipinski definition) is 1. The fourth-order valence-electron chi connectivity index (χ4n) is 2.69.